The van der Waals surface area contributed by atoms with Crippen LogP contribution >= 0.6 is 0 Å². The summed E-state index contributed by atoms with van der Waals surface area (Å²) in [6.07, 6.45) is 4.93. The van der Waals surface area contributed by atoms with Gasteiger partial charge in [0, 0.05) is 52.0 Å². The van der Waals surface area contributed by atoms with E-state index < -0.39 is 83.9 Å². The van der Waals surface area contributed by atoms with E-state index in [4.69, 9.17) is 23.7 Å². The molecule has 2 bridgehead atoms. The molecule has 0 aromatic heterocycles. The molecule has 3 aliphatic heterocycles. The van der Waals surface area contributed by atoms with Gasteiger partial charge in [-0.15, -0.1) is 6.58 Å². The molecule has 1 saturated carbocycles. The molecule has 4 aliphatic rings. The van der Waals surface area contributed by atoms with Crippen LogP contribution in [0.5, 0.6) is 0 Å². The van der Waals surface area contributed by atoms with Crippen LogP contribution in [0.1, 0.15) is 105 Å². The highest BCUT2D eigenvalue weighted by atomic mass is 16.7. The first-order valence-corrected chi connectivity index (χ1v) is 20.9. The predicted octanol–water partition coefficient (Wildman–Crippen LogP) is 3.81. The summed E-state index contributed by atoms with van der Waals surface area (Å²) in [6.45, 7) is 13.1. The highest BCUT2D eigenvalue weighted by molar-refractivity contribution is 6.39. The molecule has 0 aromatic carbocycles. The lowest BCUT2D eigenvalue weighted by Crippen LogP contribution is -2.64. The molecule has 3 fully saturated rings. The van der Waals surface area contributed by atoms with Crippen molar-refractivity contribution in [2.75, 3.05) is 27.9 Å². The Morgan fingerprint density at radius 3 is 2.22 bits per heavy atom. The number of hydrogen-bond acceptors (Lipinski definition) is 12. The first-order chi connectivity index (χ1) is 27.0. The number of aliphatic hydroxyl groups is 3. The maximum absolute atomic E-state index is 14.3. The summed E-state index contributed by atoms with van der Waals surface area (Å²) in [6, 6.07) is -1.14. The lowest BCUT2D eigenvalue weighted by atomic mass is 9.81. The van der Waals surface area contributed by atoms with Gasteiger partial charge < -0.3 is 49.4 Å². The molecule has 58 heavy (non-hydrogen) atoms. The van der Waals surface area contributed by atoms with E-state index in [2.05, 4.69) is 6.58 Å². The lowest BCUT2D eigenvalue weighted by Gasteiger charge is -2.47. The molecular formula is C44H71NO13. The number of amides is 1. The molecule has 2 saturated heterocycles. The van der Waals surface area contributed by atoms with E-state index in [0.717, 1.165) is 5.57 Å². The van der Waals surface area contributed by atoms with Crippen LogP contribution in [-0.2, 0) is 42.9 Å². The molecule has 4 rings (SSSR count). The molecule has 3 heterocycles. The maximum Gasteiger partial charge on any atom is 0.329 e. The Balaban J connectivity index is 0.00000900. The van der Waals surface area contributed by atoms with Crippen molar-refractivity contribution in [1.82, 2.24) is 4.90 Å². The first-order valence-electron chi connectivity index (χ1n) is 20.9. The lowest BCUT2D eigenvalue weighted by molar-refractivity contribution is -0.302. The number of ketones is 2. The molecule has 5 N–H and O–H groups in total. The summed E-state index contributed by atoms with van der Waals surface area (Å²) in [7, 11) is 4.61. The smallest absolute Gasteiger partial charge is 0.329 e. The van der Waals surface area contributed by atoms with Crippen molar-refractivity contribution in [1.29, 1.82) is 0 Å². The van der Waals surface area contributed by atoms with Crippen LogP contribution in [0.2, 0.25) is 0 Å². The van der Waals surface area contributed by atoms with E-state index >= 15 is 0 Å². The molecular weight excluding hydrogens is 750 g/mol. The van der Waals surface area contributed by atoms with Gasteiger partial charge in [0.05, 0.1) is 30.5 Å². The molecule has 1 aliphatic carbocycles. The number of nitrogens with zero attached hydrogens (tertiary/aromatic N) is 1. The van der Waals surface area contributed by atoms with Crippen molar-refractivity contribution in [3.05, 3.63) is 36.0 Å². The van der Waals surface area contributed by atoms with Gasteiger partial charge in [-0.3, -0.25) is 14.4 Å². The SMILES string of the molecule is C=CC[C@@H]1/C=C(\C)C[C@H](C)C[C@H](OC)[C@H]2O[C@@](O)(C(=O)C(=O)N3CCCC[C@H]3C(=O)O[C@H](/C(C)=C/C3CC[C@@H](O)[C@H](OC)C3)[C@H](C)[C@@H](O)CC1=O)[C@H](C)C[C@@H]2OC.O. The molecule has 330 valence electrons. The van der Waals surface area contributed by atoms with Crippen LogP contribution < -0.4 is 0 Å². The molecule has 14 heteroatoms. The minimum Gasteiger partial charge on any atom is -0.456 e. The molecule has 0 aromatic rings. The van der Waals surface area contributed by atoms with E-state index in [0.29, 0.717) is 56.9 Å². The number of allylic oxidation sites excluding steroid dienone is 4. The second-order valence-electron chi connectivity index (χ2n) is 17.3. The number of methoxy groups -OCH3 is 3. The molecule has 0 spiro atoms. The van der Waals surface area contributed by atoms with Gasteiger partial charge in [0.2, 0.25) is 5.79 Å². The molecule has 1 unspecified atom stereocenters. The summed E-state index contributed by atoms with van der Waals surface area (Å²) in [5, 5.41) is 34.1. The summed E-state index contributed by atoms with van der Waals surface area (Å²) in [5.74, 6) is -7.76. The molecule has 1 amide bonds. The van der Waals surface area contributed by atoms with Crippen LogP contribution in [0.25, 0.3) is 0 Å². The quantitative estimate of drug-likeness (QED) is 0.190. The Kier molecular flexibility index (Phi) is 18.9. The summed E-state index contributed by atoms with van der Waals surface area (Å²) in [4.78, 5) is 57.8. The monoisotopic (exact) mass is 821 g/mol. The van der Waals surface area contributed by atoms with Crippen LogP contribution in [0.3, 0.4) is 0 Å². The zero-order chi connectivity index (χ0) is 42.2. The Labute approximate surface area is 344 Å². The third kappa shape index (κ3) is 11.7. The number of aliphatic hydroxyl groups excluding tert-OH is 2. The highest BCUT2D eigenvalue weighted by Crippen LogP contribution is 2.39. The summed E-state index contributed by atoms with van der Waals surface area (Å²) < 4.78 is 29.7. The van der Waals surface area contributed by atoms with Gasteiger partial charge in [0.1, 0.15) is 24.0 Å². The number of cyclic esters (lactones) is 1. The van der Waals surface area contributed by atoms with Crippen molar-refractivity contribution in [3.63, 3.8) is 0 Å². The number of esters is 1. The van der Waals surface area contributed by atoms with E-state index in [1.165, 1.54) is 19.1 Å². The molecule has 14 nitrogen and oxygen atoms in total. The van der Waals surface area contributed by atoms with Crippen LogP contribution in [0, 0.1) is 29.6 Å². The van der Waals surface area contributed by atoms with Crippen LogP contribution in [0.15, 0.2) is 36.0 Å². The molecule has 14 atom stereocenters. The average molecular weight is 822 g/mol. The minimum absolute atomic E-state index is 0. The Hall–Kier alpha value is -2.82. The number of carbonyl (C=O) groups excluding carboxylic acids is 4. The number of fused-ring (bicyclic) bond motifs is 3. The topological polar surface area (TPSA) is 210 Å². The third-order valence-electron chi connectivity index (χ3n) is 12.9. The Morgan fingerprint density at radius 1 is 0.931 bits per heavy atom. The van der Waals surface area contributed by atoms with Gasteiger partial charge in [-0.05, 0) is 95.5 Å². The molecule has 0 radical (unpaired) electrons. The fraction of sp³-hybridized carbons (Fsp3) is 0.773. The summed E-state index contributed by atoms with van der Waals surface area (Å²) in [5.41, 5.74) is 1.61. The summed E-state index contributed by atoms with van der Waals surface area (Å²) >= 11 is 0. The van der Waals surface area contributed by atoms with Gasteiger partial charge in [-0.2, -0.15) is 0 Å². The number of Topliss-reactive ketones (excluding diaryl/α,β-unsaturated/α-hetero) is 2. The van der Waals surface area contributed by atoms with Gasteiger partial charge >= 0.3 is 5.97 Å². The second kappa shape index (κ2) is 22.1. The number of ether oxygens (including phenoxy) is 5. The van der Waals surface area contributed by atoms with Crippen molar-refractivity contribution in [2.24, 2.45) is 29.6 Å². The van der Waals surface area contributed by atoms with Gasteiger partial charge in [0.25, 0.3) is 11.7 Å². The number of piperidine rings is 1. The minimum atomic E-state index is -2.51. The third-order valence-corrected chi connectivity index (χ3v) is 12.9. The number of hydrogen-bond donors (Lipinski definition) is 3. The normalized spacial score (nSPS) is 40.3. The average Bonchev–Trinajstić information content (AvgIpc) is 3.18. The Morgan fingerprint density at radius 2 is 1.59 bits per heavy atom. The van der Waals surface area contributed by atoms with Gasteiger partial charge in [-0.25, -0.2) is 4.79 Å². The zero-order valence-electron chi connectivity index (χ0n) is 35.9. The standard InChI is InChI=1S/C44H69NO12.H2O/c1-10-13-31-19-25(2)18-26(3)20-37(54-8)40-38(55-9)22-28(5)44(52,57-40)41(49)42(50)45-17-12-11-14-32(45)43(51)56-39(29(6)34(47)24-35(31)48)27(4)21-30-15-16-33(46)36(23-30)53-7;/h10,19,21,26,28-34,36-40,46-47,52H,1,11-18,20,22-24H2,2-9H3;1H2/b25-19+,27-21+;/t26-,28+,29+,30?,31+,32-,33+,34-,36+,37-,38-,39+,40+,44+;/m0./s1. The van der Waals surface area contributed by atoms with Crippen molar-refractivity contribution in [3.8, 4) is 0 Å². The zero-order valence-corrected chi connectivity index (χ0v) is 35.9. The van der Waals surface area contributed by atoms with Crippen LogP contribution in [0.4, 0.5) is 0 Å². The predicted molar refractivity (Wildman–Crippen MR) is 216 cm³/mol. The second-order valence-corrected chi connectivity index (χ2v) is 17.3. The maximum atomic E-state index is 14.3. The van der Waals surface area contributed by atoms with Gasteiger partial charge in [-0.1, -0.05) is 44.6 Å². The fourth-order valence-electron chi connectivity index (χ4n) is 9.42. The van der Waals surface area contributed by atoms with Gasteiger partial charge in [0.15, 0.2) is 0 Å². The van der Waals surface area contributed by atoms with Crippen LogP contribution in [-0.4, -0.2) is 132 Å². The van der Waals surface area contributed by atoms with E-state index in [1.54, 1.807) is 27.0 Å². The fourth-order valence-corrected chi connectivity index (χ4v) is 9.42. The first kappa shape index (κ1) is 49.5. The largest absolute Gasteiger partial charge is 0.456 e. The van der Waals surface area contributed by atoms with Crippen molar-refractivity contribution >= 4 is 23.4 Å². The number of rotatable bonds is 7. The van der Waals surface area contributed by atoms with E-state index in [9.17, 15) is 34.5 Å². The van der Waals surface area contributed by atoms with E-state index in [-0.39, 0.29) is 55.0 Å². The van der Waals surface area contributed by atoms with Crippen molar-refractivity contribution < 1.29 is 63.7 Å². The highest BCUT2D eigenvalue weighted by Gasteiger charge is 2.56. The van der Waals surface area contributed by atoms with Crippen molar-refractivity contribution in [2.45, 2.75) is 160 Å². The van der Waals surface area contributed by atoms with E-state index in [1.807, 2.05) is 32.9 Å². The Bertz CT molecular complexity index is 1480. The number of carbonyl (C=O) groups is 4.